The van der Waals surface area contributed by atoms with Crippen molar-refractivity contribution in [3.63, 3.8) is 0 Å². The first kappa shape index (κ1) is 63.5. The van der Waals surface area contributed by atoms with Gasteiger partial charge in [-0.25, -0.2) is 9.13 Å². The van der Waals surface area contributed by atoms with Gasteiger partial charge in [0.2, 0.25) is 0 Å². The van der Waals surface area contributed by atoms with Crippen LogP contribution in [0.15, 0.2) is 48.5 Å². The van der Waals surface area contributed by atoms with E-state index in [2.05, 4.69) is 215 Å². The van der Waals surface area contributed by atoms with E-state index in [1.807, 2.05) is 0 Å². The van der Waals surface area contributed by atoms with Crippen molar-refractivity contribution in [2.24, 2.45) is 0 Å². The van der Waals surface area contributed by atoms with E-state index in [0.29, 0.717) is 23.0 Å². The molecule has 74 heavy (non-hydrogen) atoms. The molecule has 2 heterocycles. The Labute approximate surface area is 457 Å². The molecule has 1 N–H and O–H groups in total. The predicted octanol–water partition coefficient (Wildman–Crippen LogP) is 15.6. The van der Waals surface area contributed by atoms with Crippen LogP contribution >= 0.6 is 15.6 Å². The molecule has 9 nitrogen and oxygen atoms in total. The fourth-order valence-electron chi connectivity index (χ4n) is 9.31. The molecule has 408 valence electrons. The van der Waals surface area contributed by atoms with Crippen molar-refractivity contribution in [3.05, 3.63) is 115 Å². The molecule has 0 amide bonds. The third kappa shape index (κ3) is 16.0. The van der Waals surface area contributed by atoms with Crippen LogP contribution in [0.5, 0.6) is 23.0 Å². The molecular weight excluding hydrogens is 978 g/mol. The van der Waals surface area contributed by atoms with Crippen molar-refractivity contribution in [3.8, 4) is 23.0 Å². The Morgan fingerprint density at radius 2 is 0.500 bits per heavy atom. The molecule has 4 aromatic rings. The first-order valence-electron chi connectivity index (χ1n) is 26.6. The van der Waals surface area contributed by atoms with Gasteiger partial charge in [0.15, 0.2) is 0 Å². The topological polar surface area (TPSA) is 137 Å². The number of rotatable bonds is 0. The first-order chi connectivity index (χ1) is 33.2. The summed E-state index contributed by atoms with van der Waals surface area (Å²) >= 11 is 1.42. The monoisotopic (exact) mass is 1070 g/mol. The normalized spacial score (nSPS) is 16.6. The van der Waals surface area contributed by atoms with Crippen LogP contribution in [0.2, 0.25) is 0 Å². The summed E-state index contributed by atoms with van der Waals surface area (Å²) < 4.78 is 57.5. The fourth-order valence-corrected chi connectivity index (χ4v) is 11.1. The van der Waals surface area contributed by atoms with Crippen LogP contribution in [-0.2, 0) is 78.1 Å². The molecule has 0 unspecified atom stereocenters. The Balaban J connectivity index is 0.000000310. The number of hydrogen-bond acceptors (Lipinski definition) is 9. The van der Waals surface area contributed by atoms with Gasteiger partial charge < -0.3 is 27.9 Å². The van der Waals surface area contributed by atoms with E-state index in [9.17, 15) is 18.9 Å². The van der Waals surface area contributed by atoms with Gasteiger partial charge in [0.1, 0.15) is 23.0 Å². The van der Waals surface area contributed by atoms with E-state index in [4.69, 9.17) is 22.3 Å². The zero-order valence-corrected chi connectivity index (χ0v) is 53.0. The van der Waals surface area contributed by atoms with Crippen LogP contribution in [0.1, 0.15) is 246 Å². The van der Waals surface area contributed by atoms with Crippen molar-refractivity contribution >= 4 is 32.3 Å². The molecule has 0 spiro atoms. The second-order valence-corrected chi connectivity index (χ2v) is 31.5. The maximum absolute atomic E-state index is 13.5. The number of fused-ring (bicyclic) bond motifs is 4. The second kappa shape index (κ2) is 22.0. The van der Waals surface area contributed by atoms with Gasteiger partial charge in [-0.3, -0.25) is 0 Å². The van der Waals surface area contributed by atoms with Gasteiger partial charge in [-0.05, 0) is 126 Å². The molecule has 0 radical (unpaired) electrons. The van der Waals surface area contributed by atoms with Crippen molar-refractivity contribution < 1.29 is 41.2 Å². The van der Waals surface area contributed by atoms with Gasteiger partial charge in [-0.2, -0.15) is 0 Å². The third-order valence-corrected chi connectivity index (χ3v) is 15.6. The molecule has 6 rings (SSSR count). The number of hydrogen-bond donors (Lipinski definition) is 1. The fraction of sp³-hybridized carbons (Fsp3) is 0.613. The summed E-state index contributed by atoms with van der Waals surface area (Å²) in [5.41, 5.74) is 10.5. The SMILES string of the molecule is CC(C)(C)c1cc2c(c(C(C)(C)C)c1)OP(=O)([O-])Oc1c(cc(C(C)(C)C)cc1C(C)(C)C)CCC2.CC(C)(C)c1cc2c(c(C(C)(C)C)c1)OP(=O)([O-])Oc1c(cc(C(C)(C)C)cc1C(C)(C)C)CCC2.[OH][Al+2]. The quantitative estimate of drug-likeness (QED) is 0.135. The van der Waals surface area contributed by atoms with E-state index >= 15 is 0 Å². The average Bonchev–Trinajstić information content (AvgIpc) is 3.19. The molecule has 0 saturated heterocycles. The zero-order valence-electron chi connectivity index (χ0n) is 50.0. The standard InChI is InChI=1S/2C31H47O4P.Al.H2O/c2*1-28(2,3)22-16-20-14-13-15-21-17-23(29(4,5)6)19-25(31(10,11)12)27(21)35-36(32,33)34-26(20)24(18-22)30(7,8)9;;/h2*16-19H,13-15H2,1-12H3,(H,32,33);;1H2/q;;+3;/p-3. The summed E-state index contributed by atoms with van der Waals surface area (Å²) in [6.45, 7) is 51.3. The van der Waals surface area contributed by atoms with Crippen LogP contribution in [0.3, 0.4) is 0 Å². The Morgan fingerprint density at radius 1 is 0.338 bits per heavy atom. The molecule has 0 fully saturated rings. The van der Waals surface area contributed by atoms with Crippen LogP contribution in [0, 0.1) is 0 Å². The summed E-state index contributed by atoms with van der Waals surface area (Å²) in [4.78, 5) is 27.0. The molecular formula is C62H93AlO9P2. The van der Waals surface area contributed by atoms with Crippen molar-refractivity contribution in [2.45, 2.75) is 248 Å². The molecule has 0 bridgehead atoms. The predicted molar refractivity (Wildman–Crippen MR) is 305 cm³/mol. The Morgan fingerprint density at radius 3 is 0.635 bits per heavy atom. The van der Waals surface area contributed by atoms with Crippen LogP contribution in [-0.4, -0.2) is 20.8 Å². The van der Waals surface area contributed by atoms with Gasteiger partial charge in [-0.1, -0.05) is 215 Å². The number of benzene rings is 4. The van der Waals surface area contributed by atoms with Crippen LogP contribution < -0.4 is 27.9 Å². The van der Waals surface area contributed by atoms with E-state index in [-0.39, 0.29) is 43.3 Å². The molecule has 0 aromatic heterocycles. The number of phosphoric acid groups is 2. The van der Waals surface area contributed by atoms with Gasteiger partial charge in [-0.15, -0.1) is 0 Å². The van der Waals surface area contributed by atoms with E-state index in [1.165, 1.54) is 38.9 Å². The minimum atomic E-state index is -4.72. The maximum atomic E-state index is 13.5. The van der Waals surface area contributed by atoms with E-state index < -0.39 is 15.6 Å². The van der Waals surface area contributed by atoms with Crippen molar-refractivity contribution in [1.29, 1.82) is 0 Å². The summed E-state index contributed by atoms with van der Waals surface area (Å²) in [5.74, 6) is 1.73. The van der Waals surface area contributed by atoms with Gasteiger partial charge in [0.05, 0.1) is 0 Å². The van der Waals surface area contributed by atoms with Crippen molar-refractivity contribution in [2.75, 3.05) is 0 Å². The molecule has 2 aliphatic heterocycles. The Bertz CT molecular complexity index is 2380. The summed E-state index contributed by atoms with van der Waals surface area (Å²) in [5, 5.41) is 0. The van der Waals surface area contributed by atoms with E-state index in [0.717, 1.165) is 83.0 Å². The molecule has 12 heteroatoms. The molecule has 0 saturated carbocycles. The molecule has 4 aromatic carbocycles. The second-order valence-electron chi connectivity index (χ2n) is 29.0. The average molecular weight is 1070 g/mol. The third-order valence-electron chi connectivity index (χ3n) is 14.0. The van der Waals surface area contributed by atoms with Crippen LogP contribution in [0.25, 0.3) is 0 Å². The Kier molecular flexibility index (Phi) is 18.9. The van der Waals surface area contributed by atoms with Crippen LogP contribution in [0.4, 0.5) is 0 Å². The van der Waals surface area contributed by atoms with E-state index in [1.54, 1.807) is 0 Å². The Hall–Kier alpha value is -3.05. The summed E-state index contributed by atoms with van der Waals surface area (Å²) in [6, 6.07) is 16.9. The number of phosphoric ester groups is 2. The van der Waals surface area contributed by atoms with Gasteiger partial charge >= 0.3 is 36.4 Å². The molecule has 0 atom stereocenters. The van der Waals surface area contributed by atoms with Gasteiger partial charge in [0, 0.05) is 22.3 Å². The van der Waals surface area contributed by atoms with Crippen molar-refractivity contribution in [1.82, 2.24) is 0 Å². The molecule has 2 aliphatic rings. The summed E-state index contributed by atoms with van der Waals surface area (Å²) in [7, 11) is -9.45. The zero-order chi connectivity index (χ0) is 57.0. The molecule has 0 aliphatic carbocycles. The number of aryl methyl sites for hydroxylation is 4. The minimum absolute atomic E-state index is 0.0716. The summed E-state index contributed by atoms with van der Waals surface area (Å²) in [6.07, 6.45) is 4.64. The van der Waals surface area contributed by atoms with Gasteiger partial charge in [0.25, 0.3) is 0 Å². The first-order valence-corrected chi connectivity index (χ1v) is 30.0.